The number of methoxy groups -OCH3 is 1. The molecular weight excluding hydrogens is 200 g/mol. The first-order valence-corrected chi connectivity index (χ1v) is 4.55. The second-order valence-electron chi connectivity index (χ2n) is 4.05. The van der Waals surface area contributed by atoms with E-state index in [1.807, 2.05) is 0 Å². The number of carbonyl (C=O) groups excluding carboxylic acids is 3. The van der Waals surface area contributed by atoms with Crippen LogP contribution in [0.1, 0.15) is 33.6 Å². The van der Waals surface area contributed by atoms with Crippen molar-refractivity contribution in [2.24, 2.45) is 0 Å². The average molecular weight is 216 g/mol. The summed E-state index contributed by atoms with van der Waals surface area (Å²) in [4.78, 5) is 32.9. The van der Waals surface area contributed by atoms with Gasteiger partial charge in [-0.05, 0) is 20.8 Å². The fourth-order valence-electron chi connectivity index (χ4n) is 0.834. The van der Waals surface area contributed by atoms with E-state index in [4.69, 9.17) is 4.74 Å². The molecule has 0 aromatic carbocycles. The third-order valence-corrected chi connectivity index (χ3v) is 1.33. The second-order valence-corrected chi connectivity index (χ2v) is 4.05. The summed E-state index contributed by atoms with van der Waals surface area (Å²) in [7, 11) is 1.18. The maximum Gasteiger partial charge on any atom is 0.313 e. The lowest BCUT2D eigenvalue weighted by Gasteiger charge is -2.18. The lowest BCUT2D eigenvalue weighted by molar-refractivity contribution is -0.156. The van der Waals surface area contributed by atoms with E-state index >= 15 is 0 Å². The van der Waals surface area contributed by atoms with E-state index in [1.165, 1.54) is 7.11 Å². The summed E-state index contributed by atoms with van der Waals surface area (Å²) < 4.78 is 9.20. The van der Waals surface area contributed by atoms with Crippen LogP contribution in [0.4, 0.5) is 0 Å². The molecule has 0 fully saturated rings. The van der Waals surface area contributed by atoms with Gasteiger partial charge in [-0.3, -0.25) is 14.4 Å². The number of rotatable bonds is 4. The van der Waals surface area contributed by atoms with Gasteiger partial charge in [-0.1, -0.05) is 0 Å². The Hall–Kier alpha value is -1.39. The molecule has 0 aliphatic rings. The van der Waals surface area contributed by atoms with Crippen LogP contribution in [0.3, 0.4) is 0 Å². The molecule has 0 N–H and O–H groups in total. The van der Waals surface area contributed by atoms with Gasteiger partial charge in [0.1, 0.15) is 18.4 Å². The molecule has 0 heterocycles. The first-order valence-electron chi connectivity index (χ1n) is 4.55. The van der Waals surface area contributed by atoms with Crippen molar-refractivity contribution in [3.63, 3.8) is 0 Å². The zero-order valence-electron chi connectivity index (χ0n) is 9.46. The minimum Gasteiger partial charge on any atom is -0.469 e. The Kier molecular flexibility index (Phi) is 4.97. The highest BCUT2D eigenvalue weighted by Gasteiger charge is 2.20. The molecule has 0 aromatic heterocycles. The van der Waals surface area contributed by atoms with Crippen LogP contribution in [0.2, 0.25) is 0 Å². The summed E-state index contributed by atoms with van der Waals surface area (Å²) in [6, 6.07) is 0. The summed E-state index contributed by atoms with van der Waals surface area (Å²) >= 11 is 0. The van der Waals surface area contributed by atoms with Crippen LogP contribution in [0.25, 0.3) is 0 Å². The lowest BCUT2D eigenvalue weighted by Crippen LogP contribution is -2.25. The second kappa shape index (κ2) is 5.48. The molecule has 0 aromatic rings. The molecule has 0 bridgehead atoms. The highest BCUT2D eigenvalue weighted by molar-refractivity contribution is 6.03. The summed E-state index contributed by atoms with van der Waals surface area (Å²) in [5.41, 5.74) is -0.622. The van der Waals surface area contributed by atoms with Gasteiger partial charge < -0.3 is 9.47 Å². The molecular formula is C10H16O5. The van der Waals surface area contributed by atoms with E-state index in [1.54, 1.807) is 20.8 Å². The van der Waals surface area contributed by atoms with Crippen molar-refractivity contribution >= 4 is 17.7 Å². The van der Waals surface area contributed by atoms with Crippen LogP contribution in [-0.2, 0) is 23.9 Å². The molecule has 0 rings (SSSR count). The number of ketones is 1. The van der Waals surface area contributed by atoms with Gasteiger partial charge in [0.25, 0.3) is 0 Å². The van der Waals surface area contributed by atoms with Crippen LogP contribution >= 0.6 is 0 Å². The average Bonchev–Trinajstić information content (AvgIpc) is 1.99. The monoisotopic (exact) mass is 216 g/mol. The molecule has 0 unspecified atom stereocenters. The Morgan fingerprint density at radius 2 is 1.47 bits per heavy atom. The molecule has 0 aliphatic heterocycles. The van der Waals surface area contributed by atoms with Crippen LogP contribution in [0.15, 0.2) is 0 Å². The molecule has 0 atom stereocenters. The molecule has 5 nitrogen and oxygen atoms in total. The zero-order valence-corrected chi connectivity index (χ0v) is 9.46. The quantitative estimate of drug-likeness (QED) is 0.514. The summed E-state index contributed by atoms with van der Waals surface area (Å²) in [5.74, 6) is -1.78. The van der Waals surface area contributed by atoms with Crippen molar-refractivity contribution in [2.45, 2.75) is 39.2 Å². The van der Waals surface area contributed by atoms with E-state index < -0.39 is 36.2 Å². The van der Waals surface area contributed by atoms with Gasteiger partial charge in [0.05, 0.1) is 7.11 Å². The van der Waals surface area contributed by atoms with Crippen molar-refractivity contribution in [1.29, 1.82) is 0 Å². The fourth-order valence-corrected chi connectivity index (χ4v) is 0.834. The Labute approximate surface area is 88.7 Å². The predicted octanol–water partition coefficient (Wildman–Crippen LogP) is 0.850. The maximum atomic E-state index is 11.1. The van der Waals surface area contributed by atoms with Gasteiger partial charge in [0.2, 0.25) is 0 Å². The van der Waals surface area contributed by atoms with Crippen molar-refractivity contribution in [2.75, 3.05) is 7.11 Å². The third-order valence-electron chi connectivity index (χ3n) is 1.33. The van der Waals surface area contributed by atoms with Crippen LogP contribution in [-0.4, -0.2) is 30.4 Å². The van der Waals surface area contributed by atoms with E-state index in [0.29, 0.717) is 0 Å². The van der Waals surface area contributed by atoms with Gasteiger partial charge in [0.15, 0.2) is 5.78 Å². The normalized spacial score (nSPS) is 10.7. The fraction of sp³-hybridized carbons (Fsp3) is 0.700. The Morgan fingerprint density at radius 1 is 1.00 bits per heavy atom. The summed E-state index contributed by atoms with van der Waals surface area (Å²) in [5, 5.41) is 0. The van der Waals surface area contributed by atoms with Gasteiger partial charge in [-0.25, -0.2) is 0 Å². The van der Waals surface area contributed by atoms with E-state index in [0.717, 1.165) is 0 Å². The van der Waals surface area contributed by atoms with Gasteiger partial charge >= 0.3 is 11.9 Å². The van der Waals surface area contributed by atoms with Gasteiger partial charge in [-0.15, -0.1) is 0 Å². The molecule has 0 aliphatic carbocycles. The standard InChI is InChI=1S/C10H16O5/c1-10(2,3)15-9(13)6-7(11)5-8(12)14-4/h5-6H2,1-4H3. The molecule has 86 valence electrons. The molecule has 5 heteroatoms. The van der Waals surface area contributed by atoms with Crippen molar-refractivity contribution in [3.8, 4) is 0 Å². The van der Waals surface area contributed by atoms with E-state index in [9.17, 15) is 14.4 Å². The number of esters is 2. The first kappa shape index (κ1) is 13.6. The molecule has 0 saturated carbocycles. The van der Waals surface area contributed by atoms with Crippen LogP contribution in [0.5, 0.6) is 0 Å². The topological polar surface area (TPSA) is 69.7 Å². The first-order chi connectivity index (χ1) is 6.74. The molecule has 0 spiro atoms. The number of ether oxygens (including phenoxy) is 2. The molecule has 0 radical (unpaired) electrons. The largest absolute Gasteiger partial charge is 0.469 e. The Balaban J connectivity index is 3.98. The van der Waals surface area contributed by atoms with Crippen LogP contribution in [0, 0.1) is 0 Å². The lowest BCUT2D eigenvalue weighted by atomic mass is 10.2. The van der Waals surface area contributed by atoms with Crippen molar-refractivity contribution in [1.82, 2.24) is 0 Å². The molecule has 0 saturated heterocycles. The number of Topliss-reactive ketones (excluding diaryl/α,β-unsaturated/α-hetero) is 1. The van der Waals surface area contributed by atoms with E-state index in [-0.39, 0.29) is 0 Å². The highest BCUT2D eigenvalue weighted by Crippen LogP contribution is 2.08. The minimum absolute atomic E-state index is 0.393. The zero-order chi connectivity index (χ0) is 12.1. The maximum absolute atomic E-state index is 11.1. The highest BCUT2D eigenvalue weighted by atomic mass is 16.6. The minimum atomic E-state index is -0.649. The van der Waals surface area contributed by atoms with Gasteiger partial charge in [0, 0.05) is 0 Å². The molecule has 0 amide bonds. The van der Waals surface area contributed by atoms with Crippen molar-refractivity contribution < 1.29 is 23.9 Å². The number of hydrogen-bond donors (Lipinski definition) is 0. The van der Waals surface area contributed by atoms with Gasteiger partial charge in [-0.2, -0.15) is 0 Å². The van der Waals surface area contributed by atoms with Crippen molar-refractivity contribution in [3.05, 3.63) is 0 Å². The SMILES string of the molecule is COC(=O)CC(=O)CC(=O)OC(C)(C)C. The predicted molar refractivity (Wildman–Crippen MR) is 52.1 cm³/mol. The molecule has 15 heavy (non-hydrogen) atoms. The number of carbonyl (C=O) groups is 3. The van der Waals surface area contributed by atoms with E-state index in [2.05, 4.69) is 4.74 Å². The Bertz CT molecular complexity index is 261. The third kappa shape index (κ3) is 7.66. The summed E-state index contributed by atoms with van der Waals surface area (Å²) in [6.45, 7) is 5.11. The summed E-state index contributed by atoms with van der Waals surface area (Å²) in [6.07, 6.45) is -0.790. The number of hydrogen-bond acceptors (Lipinski definition) is 5. The Morgan fingerprint density at radius 3 is 1.87 bits per heavy atom. The van der Waals surface area contributed by atoms with Crippen LogP contribution < -0.4 is 0 Å². The smallest absolute Gasteiger partial charge is 0.313 e.